The van der Waals surface area contributed by atoms with Crippen molar-refractivity contribution in [2.45, 2.75) is 13.8 Å². The second-order valence-corrected chi connectivity index (χ2v) is 3.13. The Kier molecular flexibility index (Phi) is 3.65. The maximum atomic E-state index is 11.7. The number of aromatic nitrogens is 2. The number of aryl methyl sites for hydroxylation is 1. The second kappa shape index (κ2) is 4.78. The lowest BCUT2D eigenvalue weighted by molar-refractivity contribution is 0.0519. The first-order valence-electron chi connectivity index (χ1n) is 4.81. The van der Waals surface area contributed by atoms with Crippen LogP contribution >= 0.6 is 0 Å². The molecule has 1 heterocycles. The summed E-state index contributed by atoms with van der Waals surface area (Å²) in [6, 6.07) is 0. The number of methoxy groups -OCH3 is 1. The first-order valence-corrected chi connectivity index (χ1v) is 4.81. The largest absolute Gasteiger partial charge is 0.479 e. The lowest BCUT2D eigenvalue weighted by Crippen LogP contribution is -2.12. The zero-order valence-electron chi connectivity index (χ0n) is 9.73. The maximum absolute atomic E-state index is 11.7. The molecular weight excluding hydrogens is 212 g/mol. The normalized spacial score (nSPS) is 10.0. The highest BCUT2D eigenvalue weighted by Crippen LogP contribution is 2.22. The molecule has 88 valence electrons. The molecular formula is C10H14N2O4. The topological polar surface area (TPSA) is 70.4 Å². The Morgan fingerprint density at radius 3 is 2.50 bits per heavy atom. The van der Waals surface area contributed by atoms with Gasteiger partial charge in [-0.1, -0.05) is 0 Å². The van der Waals surface area contributed by atoms with Gasteiger partial charge in [0.05, 0.1) is 13.7 Å². The fraction of sp³-hybridized carbons (Fsp3) is 0.500. The quantitative estimate of drug-likeness (QED) is 0.561. The molecule has 6 heteroatoms. The first-order chi connectivity index (χ1) is 7.52. The van der Waals surface area contributed by atoms with Gasteiger partial charge in [-0.3, -0.25) is 9.48 Å². The van der Waals surface area contributed by atoms with Crippen LogP contribution in [0.15, 0.2) is 0 Å². The monoisotopic (exact) mass is 226 g/mol. The van der Waals surface area contributed by atoms with Crippen molar-refractivity contribution in [3.05, 3.63) is 11.3 Å². The summed E-state index contributed by atoms with van der Waals surface area (Å²) in [5.74, 6) is -0.759. The van der Waals surface area contributed by atoms with Crippen LogP contribution in [-0.4, -0.2) is 35.2 Å². The Balaban J connectivity index is 3.32. The van der Waals surface area contributed by atoms with Gasteiger partial charge in [0.2, 0.25) is 5.88 Å². The van der Waals surface area contributed by atoms with Gasteiger partial charge in [0.15, 0.2) is 11.3 Å². The molecule has 6 nitrogen and oxygen atoms in total. The number of Topliss-reactive ketones (excluding diaryl/α,β-unsaturated/α-hetero) is 1. The van der Waals surface area contributed by atoms with Gasteiger partial charge >= 0.3 is 5.97 Å². The number of esters is 1. The molecule has 0 saturated heterocycles. The van der Waals surface area contributed by atoms with Gasteiger partial charge in [-0.25, -0.2) is 4.79 Å². The van der Waals surface area contributed by atoms with Gasteiger partial charge in [-0.05, 0) is 6.92 Å². The van der Waals surface area contributed by atoms with Crippen LogP contribution in [0.1, 0.15) is 34.7 Å². The number of carbonyl (C=O) groups excluding carboxylic acids is 2. The van der Waals surface area contributed by atoms with Gasteiger partial charge in [0.25, 0.3) is 0 Å². The second-order valence-electron chi connectivity index (χ2n) is 3.13. The highest BCUT2D eigenvalue weighted by Gasteiger charge is 2.27. The average Bonchev–Trinajstić information content (AvgIpc) is 2.55. The van der Waals surface area contributed by atoms with Crippen LogP contribution in [0, 0.1) is 0 Å². The first kappa shape index (κ1) is 12.2. The summed E-state index contributed by atoms with van der Waals surface area (Å²) < 4.78 is 11.1. The molecule has 0 aromatic carbocycles. The Morgan fingerprint density at radius 2 is 2.06 bits per heavy atom. The van der Waals surface area contributed by atoms with E-state index < -0.39 is 5.97 Å². The van der Waals surface area contributed by atoms with Crippen molar-refractivity contribution in [1.29, 1.82) is 0 Å². The summed E-state index contributed by atoms with van der Waals surface area (Å²) in [6.45, 7) is 3.28. The molecule has 0 atom stereocenters. The smallest absolute Gasteiger partial charge is 0.346 e. The van der Waals surface area contributed by atoms with Gasteiger partial charge in [-0.15, -0.1) is 5.10 Å². The lowest BCUT2D eigenvalue weighted by Gasteiger charge is -2.03. The van der Waals surface area contributed by atoms with Gasteiger partial charge in [0.1, 0.15) is 5.69 Å². The molecule has 0 fully saturated rings. The molecule has 0 unspecified atom stereocenters. The van der Waals surface area contributed by atoms with Crippen molar-refractivity contribution in [1.82, 2.24) is 9.78 Å². The molecule has 0 amide bonds. The van der Waals surface area contributed by atoms with Crippen LogP contribution in [0.2, 0.25) is 0 Å². The Morgan fingerprint density at radius 1 is 1.44 bits per heavy atom. The van der Waals surface area contributed by atoms with Crippen LogP contribution in [0.3, 0.4) is 0 Å². The minimum atomic E-state index is -0.599. The van der Waals surface area contributed by atoms with Gasteiger partial charge in [0, 0.05) is 14.0 Å². The van der Waals surface area contributed by atoms with Crippen molar-refractivity contribution < 1.29 is 19.1 Å². The van der Waals surface area contributed by atoms with Gasteiger partial charge in [-0.2, -0.15) is 0 Å². The van der Waals surface area contributed by atoms with Crippen LogP contribution in [0.5, 0.6) is 5.88 Å². The number of rotatable bonds is 4. The summed E-state index contributed by atoms with van der Waals surface area (Å²) in [7, 11) is 2.96. The highest BCUT2D eigenvalue weighted by atomic mass is 16.5. The van der Waals surface area contributed by atoms with E-state index in [2.05, 4.69) is 5.10 Å². The molecule has 0 spiro atoms. The zero-order chi connectivity index (χ0) is 12.3. The zero-order valence-corrected chi connectivity index (χ0v) is 9.73. The number of nitrogens with zero attached hydrogens (tertiary/aromatic N) is 2. The number of hydrogen-bond acceptors (Lipinski definition) is 5. The summed E-state index contributed by atoms with van der Waals surface area (Å²) >= 11 is 0. The molecule has 0 radical (unpaired) electrons. The van der Waals surface area contributed by atoms with Crippen molar-refractivity contribution >= 4 is 11.8 Å². The Bertz CT molecular complexity index is 423. The minimum Gasteiger partial charge on any atom is -0.479 e. The van der Waals surface area contributed by atoms with Crippen molar-refractivity contribution in [3.8, 4) is 5.88 Å². The molecule has 0 aliphatic heterocycles. The van der Waals surface area contributed by atoms with E-state index in [0.29, 0.717) is 0 Å². The van der Waals surface area contributed by atoms with Crippen LogP contribution in [-0.2, 0) is 11.8 Å². The number of hydrogen-bond donors (Lipinski definition) is 0. The number of ether oxygens (including phenoxy) is 2. The third-order valence-corrected chi connectivity index (χ3v) is 2.02. The summed E-state index contributed by atoms with van der Waals surface area (Å²) in [5, 5.41) is 3.93. The van der Waals surface area contributed by atoms with E-state index in [4.69, 9.17) is 9.47 Å². The van der Waals surface area contributed by atoms with Crippen molar-refractivity contribution in [2.24, 2.45) is 7.05 Å². The maximum Gasteiger partial charge on any atom is 0.346 e. The van der Waals surface area contributed by atoms with E-state index in [1.807, 2.05) is 0 Å². The third-order valence-electron chi connectivity index (χ3n) is 2.02. The molecule has 0 aliphatic carbocycles. The number of ketones is 1. The van der Waals surface area contributed by atoms with Crippen LogP contribution < -0.4 is 4.74 Å². The summed E-state index contributed by atoms with van der Waals surface area (Å²) in [5.41, 5.74) is 0.273. The molecule has 0 bridgehead atoms. The standard InChI is InChI=1S/C10H14N2O4/c1-5-16-10(14)7-8(6(2)13)12(3)11-9(7)15-4/h5H2,1-4H3. The summed E-state index contributed by atoms with van der Waals surface area (Å²) in [4.78, 5) is 23.1. The molecule has 1 rings (SSSR count). The SMILES string of the molecule is CCOC(=O)c1c(OC)nn(C)c1C(C)=O. The predicted octanol–water partition coefficient (Wildman–Crippen LogP) is 0.808. The Hall–Kier alpha value is -1.85. The molecule has 1 aromatic heterocycles. The van der Waals surface area contributed by atoms with E-state index in [0.717, 1.165) is 0 Å². The van der Waals surface area contributed by atoms with E-state index in [-0.39, 0.29) is 29.5 Å². The minimum absolute atomic E-state index is 0.0827. The van der Waals surface area contributed by atoms with Crippen molar-refractivity contribution in [2.75, 3.05) is 13.7 Å². The number of carbonyl (C=O) groups is 2. The Labute approximate surface area is 93.1 Å². The molecule has 0 aliphatic rings. The molecule has 0 N–H and O–H groups in total. The predicted molar refractivity (Wildman–Crippen MR) is 55.7 cm³/mol. The fourth-order valence-corrected chi connectivity index (χ4v) is 1.43. The van der Waals surface area contributed by atoms with E-state index in [9.17, 15) is 9.59 Å². The third kappa shape index (κ3) is 2.05. The molecule has 0 saturated carbocycles. The molecule has 16 heavy (non-hydrogen) atoms. The van der Waals surface area contributed by atoms with E-state index >= 15 is 0 Å². The molecule has 1 aromatic rings. The fourth-order valence-electron chi connectivity index (χ4n) is 1.43. The van der Waals surface area contributed by atoms with Crippen LogP contribution in [0.25, 0.3) is 0 Å². The van der Waals surface area contributed by atoms with Crippen LogP contribution in [0.4, 0.5) is 0 Å². The average molecular weight is 226 g/mol. The lowest BCUT2D eigenvalue weighted by atomic mass is 10.2. The van der Waals surface area contributed by atoms with E-state index in [1.165, 1.54) is 18.7 Å². The highest BCUT2D eigenvalue weighted by molar-refractivity contribution is 6.05. The van der Waals surface area contributed by atoms with E-state index in [1.54, 1.807) is 14.0 Å². The van der Waals surface area contributed by atoms with Crippen molar-refractivity contribution in [3.63, 3.8) is 0 Å². The summed E-state index contributed by atoms with van der Waals surface area (Å²) in [6.07, 6.45) is 0. The van der Waals surface area contributed by atoms with Gasteiger partial charge < -0.3 is 9.47 Å².